The summed E-state index contributed by atoms with van der Waals surface area (Å²) in [4.78, 5) is 24.8. The van der Waals surface area contributed by atoms with Crippen LogP contribution in [0.15, 0.2) is 34.8 Å². The summed E-state index contributed by atoms with van der Waals surface area (Å²) < 4.78 is 12.0. The first-order valence-corrected chi connectivity index (χ1v) is 12.5. The second-order valence-corrected chi connectivity index (χ2v) is 9.37. The lowest BCUT2D eigenvalue weighted by molar-refractivity contribution is -0.123. The third-order valence-electron chi connectivity index (χ3n) is 4.76. The van der Waals surface area contributed by atoms with Crippen LogP contribution in [0.2, 0.25) is 5.02 Å². The average Bonchev–Trinajstić information content (AvgIpc) is 2.80. The molecule has 0 bridgehead atoms. The molecule has 0 aliphatic heterocycles. The summed E-state index contributed by atoms with van der Waals surface area (Å²) in [6, 6.07) is 8.69. The standard InChI is InChI=1S/C24H29BrClN3O4S/c1-4-5-6-7-10-32-20-9-8-17(25)13-19(20)23(31)27-24(34)29-28-21(30)14-33-18-11-15(2)22(26)16(3)12-18/h8-9,11-13H,4-7,10,14H2,1-3H3,(H,28,30)(H2,27,29,31,34). The predicted octanol–water partition coefficient (Wildman–Crippen LogP) is 5.39. The Hall–Kier alpha value is -2.36. The molecule has 2 rings (SSSR count). The van der Waals surface area contributed by atoms with Crippen LogP contribution in [0.25, 0.3) is 0 Å². The molecule has 0 aliphatic rings. The first kappa shape index (κ1) is 27.9. The number of carbonyl (C=O) groups is 2. The lowest BCUT2D eigenvalue weighted by Crippen LogP contribution is -2.49. The van der Waals surface area contributed by atoms with Gasteiger partial charge < -0.3 is 9.47 Å². The number of halogens is 2. The van der Waals surface area contributed by atoms with E-state index in [1.807, 2.05) is 13.8 Å². The first-order chi connectivity index (χ1) is 16.2. The molecular formula is C24H29BrClN3O4S. The van der Waals surface area contributed by atoms with Gasteiger partial charge >= 0.3 is 0 Å². The normalized spacial score (nSPS) is 10.4. The molecule has 2 amide bonds. The van der Waals surface area contributed by atoms with Gasteiger partial charge in [-0.2, -0.15) is 0 Å². The topological polar surface area (TPSA) is 88.7 Å². The second-order valence-electron chi connectivity index (χ2n) is 7.67. The summed E-state index contributed by atoms with van der Waals surface area (Å²) in [5.41, 5.74) is 6.94. The summed E-state index contributed by atoms with van der Waals surface area (Å²) in [5, 5.41) is 3.13. The smallest absolute Gasteiger partial charge is 0.276 e. The molecule has 0 aromatic heterocycles. The van der Waals surface area contributed by atoms with Crippen molar-refractivity contribution < 1.29 is 19.1 Å². The van der Waals surface area contributed by atoms with E-state index in [4.69, 9.17) is 33.3 Å². The van der Waals surface area contributed by atoms with Crippen molar-refractivity contribution in [1.82, 2.24) is 16.2 Å². The highest BCUT2D eigenvalue weighted by Crippen LogP contribution is 2.26. The van der Waals surface area contributed by atoms with E-state index in [1.165, 1.54) is 0 Å². The molecule has 2 aromatic rings. The minimum absolute atomic E-state index is 0.0644. The van der Waals surface area contributed by atoms with E-state index in [9.17, 15) is 9.59 Å². The van der Waals surface area contributed by atoms with Crippen LogP contribution in [0.5, 0.6) is 11.5 Å². The number of carbonyl (C=O) groups excluding carboxylic acids is 2. The van der Waals surface area contributed by atoms with Crippen molar-refractivity contribution in [3.05, 3.63) is 56.5 Å². The highest BCUT2D eigenvalue weighted by molar-refractivity contribution is 9.10. The van der Waals surface area contributed by atoms with Crippen LogP contribution in [-0.4, -0.2) is 30.1 Å². The molecule has 0 heterocycles. The Balaban J connectivity index is 1.83. The average molecular weight is 571 g/mol. The van der Waals surface area contributed by atoms with Gasteiger partial charge in [-0.15, -0.1) is 0 Å². The summed E-state index contributed by atoms with van der Waals surface area (Å²) in [6.07, 6.45) is 4.27. The summed E-state index contributed by atoms with van der Waals surface area (Å²) in [7, 11) is 0. The summed E-state index contributed by atoms with van der Waals surface area (Å²) in [6.45, 7) is 6.14. The van der Waals surface area contributed by atoms with E-state index < -0.39 is 11.8 Å². The Morgan fingerprint density at radius 3 is 2.41 bits per heavy atom. The Labute approximate surface area is 219 Å². The van der Waals surface area contributed by atoms with Gasteiger partial charge in [0, 0.05) is 9.50 Å². The van der Waals surface area contributed by atoms with Crippen LogP contribution in [0.1, 0.15) is 54.1 Å². The summed E-state index contributed by atoms with van der Waals surface area (Å²) in [5.74, 6) is 0.0636. The number of nitrogens with one attached hydrogen (secondary N) is 3. The number of hydrogen-bond acceptors (Lipinski definition) is 5. The molecular weight excluding hydrogens is 542 g/mol. The SMILES string of the molecule is CCCCCCOc1ccc(Br)cc1C(=O)NC(=S)NNC(=O)COc1cc(C)c(Cl)c(C)c1. The number of amides is 2. The van der Waals surface area contributed by atoms with Crippen molar-refractivity contribution in [1.29, 1.82) is 0 Å². The zero-order chi connectivity index (χ0) is 25.1. The quantitative estimate of drug-likeness (QED) is 0.202. The molecule has 34 heavy (non-hydrogen) atoms. The largest absolute Gasteiger partial charge is 0.493 e. The number of hydrazine groups is 1. The van der Waals surface area contributed by atoms with Crippen molar-refractivity contribution in [2.75, 3.05) is 13.2 Å². The van der Waals surface area contributed by atoms with Crippen LogP contribution in [-0.2, 0) is 4.79 Å². The van der Waals surface area contributed by atoms with E-state index in [0.29, 0.717) is 28.7 Å². The molecule has 0 atom stereocenters. The number of aryl methyl sites for hydroxylation is 2. The number of benzene rings is 2. The van der Waals surface area contributed by atoms with Crippen LogP contribution < -0.4 is 25.6 Å². The van der Waals surface area contributed by atoms with Crippen LogP contribution in [0, 0.1) is 13.8 Å². The lowest BCUT2D eigenvalue weighted by Gasteiger charge is -2.14. The fourth-order valence-corrected chi connectivity index (χ4v) is 3.63. The van der Waals surface area contributed by atoms with Crippen molar-refractivity contribution in [3.63, 3.8) is 0 Å². The van der Waals surface area contributed by atoms with Gasteiger partial charge in [0.25, 0.3) is 11.8 Å². The number of unbranched alkanes of at least 4 members (excludes halogenated alkanes) is 3. The monoisotopic (exact) mass is 569 g/mol. The van der Waals surface area contributed by atoms with E-state index in [-0.39, 0.29) is 11.7 Å². The van der Waals surface area contributed by atoms with Crippen molar-refractivity contribution in [2.24, 2.45) is 0 Å². The molecule has 0 fully saturated rings. The Morgan fingerprint density at radius 2 is 1.74 bits per heavy atom. The molecule has 0 radical (unpaired) electrons. The van der Waals surface area contributed by atoms with Gasteiger partial charge in [0.2, 0.25) is 0 Å². The van der Waals surface area contributed by atoms with Gasteiger partial charge in [-0.1, -0.05) is 53.7 Å². The van der Waals surface area contributed by atoms with Gasteiger partial charge in [0.05, 0.1) is 12.2 Å². The minimum atomic E-state index is -0.472. The first-order valence-electron chi connectivity index (χ1n) is 10.9. The minimum Gasteiger partial charge on any atom is -0.493 e. The highest BCUT2D eigenvalue weighted by atomic mass is 79.9. The summed E-state index contributed by atoms with van der Waals surface area (Å²) >= 11 is 14.6. The zero-order valence-corrected chi connectivity index (χ0v) is 22.6. The molecule has 0 saturated carbocycles. The number of hydrogen-bond donors (Lipinski definition) is 3. The van der Waals surface area contributed by atoms with E-state index in [2.05, 4.69) is 39.0 Å². The fraction of sp³-hybridized carbons (Fsp3) is 0.375. The molecule has 0 unspecified atom stereocenters. The fourth-order valence-electron chi connectivity index (χ4n) is 3.02. The van der Waals surface area contributed by atoms with Crippen LogP contribution in [0.3, 0.4) is 0 Å². The van der Waals surface area contributed by atoms with Crippen molar-refractivity contribution in [2.45, 2.75) is 46.5 Å². The lowest BCUT2D eigenvalue weighted by atomic mass is 10.1. The molecule has 0 aliphatic carbocycles. The van der Waals surface area contributed by atoms with E-state index in [0.717, 1.165) is 41.3 Å². The van der Waals surface area contributed by atoms with Crippen LogP contribution >= 0.6 is 39.7 Å². The number of rotatable bonds is 10. The molecule has 3 N–H and O–H groups in total. The Morgan fingerprint density at radius 1 is 1.03 bits per heavy atom. The molecule has 10 heteroatoms. The Kier molecular flexibility index (Phi) is 11.6. The Bertz CT molecular complexity index is 1010. The number of ether oxygens (including phenoxy) is 2. The molecule has 2 aromatic carbocycles. The molecule has 0 saturated heterocycles. The van der Waals surface area contributed by atoms with Gasteiger partial charge in [-0.05, 0) is 73.9 Å². The highest BCUT2D eigenvalue weighted by Gasteiger charge is 2.15. The van der Waals surface area contributed by atoms with Gasteiger partial charge in [-0.3, -0.25) is 25.8 Å². The zero-order valence-electron chi connectivity index (χ0n) is 19.4. The van der Waals surface area contributed by atoms with Gasteiger partial charge in [-0.25, -0.2) is 0 Å². The number of thiocarbonyl (C=S) groups is 1. The third-order valence-corrected chi connectivity index (χ3v) is 6.06. The third kappa shape index (κ3) is 9.12. The van der Waals surface area contributed by atoms with Crippen molar-refractivity contribution >= 4 is 56.7 Å². The predicted molar refractivity (Wildman–Crippen MR) is 142 cm³/mol. The maximum Gasteiger partial charge on any atom is 0.276 e. The van der Waals surface area contributed by atoms with Gasteiger partial charge in [0.15, 0.2) is 11.7 Å². The molecule has 7 nitrogen and oxygen atoms in total. The second kappa shape index (κ2) is 14.1. The maximum atomic E-state index is 12.7. The van der Waals surface area contributed by atoms with Crippen LogP contribution in [0.4, 0.5) is 0 Å². The molecule has 0 spiro atoms. The maximum absolute atomic E-state index is 12.7. The van der Waals surface area contributed by atoms with E-state index >= 15 is 0 Å². The molecule has 184 valence electrons. The van der Waals surface area contributed by atoms with Crippen molar-refractivity contribution in [3.8, 4) is 11.5 Å². The van der Waals surface area contributed by atoms with Gasteiger partial charge in [0.1, 0.15) is 11.5 Å². The van der Waals surface area contributed by atoms with E-state index in [1.54, 1.807) is 30.3 Å².